The molecule has 4 aliphatic heterocycles. The standard InChI is InChI=1S/C15H18N4O8S.Na/c1-28(25,26)27-11-6-3-5-18(15(24)17-7-2-4-16-12(7)20)9-8(6)19(13(9)21)10(11)14(22)23;/h6-9H,2-5H2,1H3,(H,16,20)(H,17,24)(H,22,23);/q;+1/p-1/t6?,7-,8+,9-;/m0./s1. The normalized spacial score (nSPS) is 30.2. The summed E-state index contributed by atoms with van der Waals surface area (Å²) in [6.07, 6.45) is 1.39. The van der Waals surface area contributed by atoms with Crippen LogP contribution in [-0.2, 0) is 28.7 Å². The van der Waals surface area contributed by atoms with E-state index in [1.54, 1.807) is 0 Å². The maximum Gasteiger partial charge on any atom is 1.00 e. The number of hydrogen-bond acceptors (Lipinski definition) is 8. The number of rotatable bonds is 4. The molecule has 0 aromatic carbocycles. The van der Waals surface area contributed by atoms with E-state index in [1.165, 1.54) is 4.90 Å². The Morgan fingerprint density at radius 1 is 1.28 bits per heavy atom. The predicted octanol–water partition coefficient (Wildman–Crippen LogP) is -6.56. The topological polar surface area (TPSA) is 165 Å². The number of β-lactam (4-membered cyclic amide) rings is 1. The number of carboxylic acids is 1. The maximum atomic E-state index is 12.6. The Kier molecular flexibility index (Phi) is 5.62. The molecule has 1 unspecified atom stereocenters. The summed E-state index contributed by atoms with van der Waals surface area (Å²) in [4.78, 5) is 50.5. The predicted molar refractivity (Wildman–Crippen MR) is 87.1 cm³/mol. The second kappa shape index (κ2) is 7.45. The average Bonchev–Trinajstić information content (AvgIpc) is 3.13. The van der Waals surface area contributed by atoms with Crippen LogP contribution in [0.2, 0.25) is 0 Å². The van der Waals surface area contributed by atoms with Crippen LogP contribution in [0.1, 0.15) is 12.8 Å². The molecular weight excluding hydrogens is 419 g/mol. The second-order valence-corrected chi connectivity index (χ2v) is 8.68. The number of piperidine rings is 1. The molecule has 0 aromatic heterocycles. The van der Waals surface area contributed by atoms with Crippen molar-refractivity contribution in [1.82, 2.24) is 20.4 Å². The van der Waals surface area contributed by atoms with E-state index in [0.717, 1.165) is 11.2 Å². The van der Waals surface area contributed by atoms with Crippen LogP contribution in [0.4, 0.5) is 4.79 Å². The van der Waals surface area contributed by atoms with Crippen LogP contribution in [0.15, 0.2) is 11.5 Å². The van der Waals surface area contributed by atoms with Gasteiger partial charge in [0.25, 0.3) is 5.91 Å². The van der Waals surface area contributed by atoms with Gasteiger partial charge in [-0.05, 0) is 12.8 Å². The van der Waals surface area contributed by atoms with Gasteiger partial charge in [0.05, 0.1) is 18.3 Å². The van der Waals surface area contributed by atoms with Crippen molar-refractivity contribution in [3.05, 3.63) is 11.5 Å². The largest absolute Gasteiger partial charge is 1.00 e. The molecule has 3 saturated heterocycles. The summed E-state index contributed by atoms with van der Waals surface area (Å²) < 4.78 is 28.0. The Morgan fingerprint density at radius 3 is 2.52 bits per heavy atom. The molecule has 12 nitrogen and oxygen atoms in total. The summed E-state index contributed by atoms with van der Waals surface area (Å²) in [6, 6.07) is -3.00. The third-order valence-electron chi connectivity index (χ3n) is 5.39. The molecule has 4 heterocycles. The number of nitrogens with zero attached hydrogens (tertiary/aromatic N) is 2. The van der Waals surface area contributed by atoms with E-state index in [9.17, 15) is 32.7 Å². The summed E-state index contributed by atoms with van der Waals surface area (Å²) >= 11 is 0. The van der Waals surface area contributed by atoms with Gasteiger partial charge in [0.1, 0.15) is 17.8 Å². The van der Waals surface area contributed by atoms with E-state index in [-0.39, 0.29) is 54.2 Å². The summed E-state index contributed by atoms with van der Waals surface area (Å²) in [5.41, 5.74) is -0.612. The Hall–Kier alpha value is -1.83. The van der Waals surface area contributed by atoms with Crippen molar-refractivity contribution < 1.29 is 66.4 Å². The smallest absolute Gasteiger partial charge is 0.543 e. The van der Waals surface area contributed by atoms with Crippen LogP contribution in [0, 0.1) is 5.92 Å². The van der Waals surface area contributed by atoms with Gasteiger partial charge in [-0.1, -0.05) is 0 Å². The van der Waals surface area contributed by atoms with Gasteiger partial charge in [-0.15, -0.1) is 0 Å². The van der Waals surface area contributed by atoms with E-state index >= 15 is 0 Å². The van der Waals surface area contributed by atoms with Gasteiger partial charge < -0.3 is 29.6 Å². The summed E-state index contributed by atoms with van der Waals surface area (Å²) in [5.74, 6) is -3.70. The van der Waals surface area contributed by atoms with Crippen molar-refractivity contribution in [1.29, 1.82) is 0 Å². The first-order chi connectivity index (χ1) is 13.1. The number of carboxylic acid groups (broad SMARTS) is 1. The first kappa shape index (κ1) is 21.9. The Morgan fingerprint density at radius 2 is 1.97 bits per heavy atom. The van der Waals surface area contributed by atoms with E-state index < -0.39 is 57.8 Å². The number of nitrogens with one attached hydrogen (secondary N) is 2. The molecule has 14 heteroatoms. The van der Waals surface area contributed by atoms with Crippen molar-refractivity contribution in [3.8, 4) is 0 Å². The minimum absolute atomic E-state index is 0. The molecule has 4 atom stereocenters. The van der Waals surface area contributed by atoms with Gasteiger partial charge in [0.2, 0.25) is 5.91 Å². The Balaban J connectivity index is 0.00000240. The van der Waals surface area contributed by atoms with Crippen molar-refractivity contribution >= 4 is 33.9 Å². The van der Waals surface area contributed by atoms with Crippen LogP contribution in [0.5, 0.6) is 0 Å². The zero-order chi connectivity index (χ0) is 20.4. The van der Waals surface area contributed by atoms with Crippen LogP contribution in [0.25, 0.3) is 0 Å². The summed E-state index contributed by atoms with van der Waals surface area (Å²) in [7, 11) is -4.02. The number of likely N-dealkylation sites (tertiary alicyclic amines) is 1. The van der Waals surface area contributed by atoms with E-state index in [0.29, 0.717) is 13.0 Å². The number of hydrogen-bond donors (Lipinski definition) is 2. The minimum Gasteiger partial charge on any atom is -0.543 e. The van der Waals surface area contributed by atoms with Gasteiger partial charge in [-0.25, -0.2) is 4.79 Å². The average molecular weight is 436 g/mol. The maximum absolute atomic E-state index is 12.6. The molecule has 3 fully saturated rings. The van der Waals surface area contributed by atoms with Gasteiger partial charge in [-0.2, -0.15) is 8.42 Å². The molecule has 4 amide bonds. The number of aliphatic carboxylic acids is 1. The monoisotopic (exact) mass is 436 g/mol. The fraction of sp³-hybridized carbons (Fsp3) is 0.600. The minimum atomic E-state index is -4.02. The van der Waals surface area contributed by atoms with Crippen LogP contribution in [0.3, 0.4) is 0 Å². The third-order valence-corrected chi connectivity index (χ3v) is 5.88. The molecular formula is C15H17N4NaO8S. The first-order valence-corrected chi connectivity index (χ1v) is 10.4. The fourth-order valence-corrected chi connectivity index (χ4v) is 4.82. The van der Waals surface area contributed by atoms with Gasteiger partial charge >= 0.3 is 45.7 Å². The molecule has 0 radical (unpaired) electrons. The summed E-state index contributed by atoms with van der Waals surface area (Å²) in [5, 5.41) is 16.7. The van der Waals surface area contributed by atoms with Crippen LogP contribution < -0.4 is 45.3 Å². The van der Waals surface area contributed by atoms with E-state index in [4.69, 9.17) is 4.18 Å². The third kappa shape index (κ3) is 3.49. The quantitative estimate of drug-likeness (QED) is 0.249. The molecule has 2 N–H and O–H groups in total. The van der Waals surface area contributed by atoms with Crippen LogP contribution >= 0.6 is 0 Å². The van der Waals surface area contributed by atoms with Crippen molar-refractivity contribution in [2.75, 3.05) is 19.3 Å². The first-order valence-electron chi connectivity index (χ1n) is 8.63. The molecule has 29 heavy (non-hydrogen) atoms. The number of carbonyl (C=O) groups is 4. The van der Waals surface area contributed by atoms with Gasteiger partial charge in [-0.3, -0.25) is 14.5 Å². The van der Waals surface area contributed by atoms with Crippen molar-refractivity contribution in [2.24, 2.45) is 5.92 Å². The second-order valence-electron chi connectivity index (χ2n) is 7.10. The van der Waals surface area contributed by atoms with Gasteiger partial charge in [0.15, 0.2) is 5.76 Å². The Labute approximate surface area is 188 Å². The van der Waals surface area contributed by atoms with Crippen molar-refractivity contribution in [2.45, 2.75) is 31.0 Å². The van der Waals surface area contributed by atoms with E-state index in [1.807, 2.05) is 0 Å². The number of urea groups is 1. The molecule has 0 saturated carbocycles. The summed E-state index contributed by atoms with van der Waals surface area (Å²) in [6.45, 7) is 0.512. The van der Waals surface area contributed by atoms with Crippen molar-refractivity contribution in [3.63, 3.8) is 0 Å². The number of carbonyl (C=O) groups excluding carboxylic acids is 4. The fourth-order valence-electron chi connectivity index (χ4n) is 4.29. The molecule has 4 rings (SSSR count). The molecule has 0 aliphatic carbocycles. The molecule has 0 bridgehead atoms. The molecule has 0 spiro atoms. The molecule has 152 valence electrons. The van der Waals surface area contributed by atoms with E-state index in [2.05, 4.69) is 10.6 Å². The zero-order valence-electron chi connectivity index (χ0n) is 15.7. The van der Waals surface area contributed by atoms with Gasteiger partial charge in [0, 0.05) is 19.0 Å². The number of amides is 4. The molecule has 4 aliphatic rings. The molecule has 0 aromatic rings. The zero-order valence-corrected chi connectivity index (χ0v) is 18.5. The van der Waals surface area contributed by atoms with Crippen LogP contribution in [-0.4, -0.2) is 79.5 Å². The Bertz CT molecular complexity index is 935. The SMILES string of the molecule is CS(=O)(=O)OC1=C(C(=O)[O-])N2C(=O)[C@@H]3[C@H]2C1CCN3C(=O)N[C@H]1CCNC1=O.[Na+].